The van der Waals surface area contributed by atoms with Crippen molar-refractivity contribution in [2.45, 2.75) is 32.5 Å². The second kappa shape index (κ2) is 10.0. The van der Waals surface area contributed by atoms with Gasteiger partial charge in [-0.3, -0.25) is 4.90 Å². The van der Waals surface area contributed by atoms with Gasteiger partial charge in [-0.25, -0.2) is 20.2 Å². The summed E-state index contributed by atoms with van der Waals surface area (Å²) in [5, 5.41) is 34.4. The minimum atomic E-state index is -0.295. The van der Waals surface area contributed by atoms with Gasteiger partial charge < -0.3 is 20.6 Å². The van der Waals surface area contributed by atoms with Crippen LogP contribution in [0.25, 0.3) is 0 Å². The molecule has 1 aromatic carbocycles. The molecule has 2 aliphatic rings. The van der Waals surface area contributed by atoms with Crippen LogP contribution in [-0.2, 0) is 11.3 Å². The van der Waals surface area contributed by atoms with Gasteiger partial charge in [0.1, 0.15) is 12.7 Å². The van der Waals surface area contributed by atoms with Crippen molar-refractivity contribution >= 4 is 23.8 Å². The number of piperazine rings is 1. The molecule has 0 aliphatic carbocycles. The maximum atomic E-state index is 11.9. The van der Waals surface area contributed by atoms with Crippen molar-refractivity contribution < 1.29 is 14.6 Å². The molecule has 3 heterocycles. The van der Waals surface area contributed by atoms with Gasteiger partial charge in [-0.15, -0.1) is 0 Å². The normalized spacial score (nSPS) is 20.4. The predicted octanol–water partition coefficient (Wildman–Crippen LogP) is 1.06. The molecule has 176 valence electrons. The van der Waals surface area contributed by atoms with Crippen molar-refractivity contribution in [3.8, 4) is 6.07 Å². The molecule has 1 saturated heterocycles. The highest BCUT2D eigenvalue weighted by atomic mass is 16.5. The molecule has 34 heavy (non-hydrogen) atoms. The van der Waals surface area contributed by atoms with Gasteiger partial charge in [0.2, 0.25) is 5.95 Å². The average molecular weight is 463 g/mol. The van der Waals surface area contributed by atoms with Gasteiger partial charge in [-0.1, -0.05) is 6.07 Å². The van der Waals surface area contributed by atoms with Crippen LogP contribution in [0.3, 0.4) is 0 Å². The molecule has 0 spiro atoms. The van der Waals surface area contributed by atoms with E-state index in [2.05, 4.69) is 30.7 Å². The summed E-state index contributed by atoms with van der Waals surface area (Å²) in [6, 6.07) is 5.53. The third kappa shape index (κ3) is 4.79. The molecule has 2 aliphatic heterocycles. The number of rotatable bonds is 7. The SMILES string of the molecule is Cc1nc(N/N=C(\C=N)CN2C[C@H](CO)N[C@H](c3ccc4c(c3C)COC4=O)C2)ncc1C#N. The third-order valence-corrected chi connectivity index (χ3v) is 6.11. The Bertz CT molecular complexity index is 1190. The Balaban J connectivity index is 1.49. The van der Waals surface area contributed by atoms with E-state index in [0.717, 1.165) is 22.9 Å². The summed E-state index contributed by atoms with van der Waals surface area (Å²) in [7, 11) is 0. The van der Waals surface area contributed by atoms with E-state index in [1.807, 2.05) is 19.1 Å². The number of anilines is 1. The van der Waals surface area contributed by atoms with Gasteiger partial charge in [0.15, 0.2) is 0 Å². The Morgan fingerprint density at radius 1 is 1.47 bits per heavy atom. The Morgan fingerprint density at radius 2 is 2.29 bits per heavy atom. The maximum Gasteiger partial charge on any atom is 0.338 e. The third-order valence-electron chi connectivity index (χ3n) is 6.11. The van der Waals surface area contributed by atoms with Gasteiger partial charge in [-0.2, -0.15) is 10.4 Å². The van der Waals surface area contributed by atoms with Crippen LogP contribution in [0.15, 0.2) is 23.4 Å². The number of fused-ring (bicyclic) bond motifs is 1. The van der Waals surface area contributed by atoms with Gasteiger partial charge >= 0.3 is 5.97 Å². The van der Waals surface area contributed by atoms with E-state index in [1.54, 1.807) is 13.0 Å². The van der Waals surface area contributed by atoms with Gasteiger partial charge in [0.25, 0.3) is 0 Å². The van der Waals surface area contributed by atoms with Crippen LogP contribution in [0.1, 0.15) is 44.3 Å². The van der Waals surface area contributed by atoms with E-state index < -0.39 is 0 Å². The molecule has 1 fully saturated rings. The van der Waals surface area contributed by atoms with Crippen molar-refractivity contribution in [3.05, 3.63) is 51.8 Å². The summed E-state index contributed by atoms with van der Waals surface area (Å²) in [5.41, 5.74) is 7.73. The van der Waals surface area contributed by atoms with E-state index in [0.29, 0.717) is 42.2 Å². The highest BCUT2D eigenvalue weighted by Crippen LogP contribution is 2.30. The molecular formula is C23H26N8O3. The first-order chi connectivity index (χ1) is 16.4. The number of nitrogens with zero attached hydrogens (tertiary/aromatic N) is 5. The Labute approximate surface area is 197 Å². The van der Waals surface area contributed by atoms with Crippen LogP contribution in [-0.4, -0.2) is 70.2 Å². The molecule has 0 amide bonds. The number of nitrogens with one attached hydrogen (secondary N) is 3. The molecule has 11 nitrogen and oxygen atoms in total. The van der Waals surface area contributed by atoms with Crippen LogP contribution in [0.2, 0.25) is 0 Å². The molecule has 11 heteroatoms. The van der Waals surface area contributed by atoms with E-state index in [9.17, 15) is 9.90 Å². The summed E-state index contributed by atoms with van der Waals surface area (Å²) in [5.74, 6) is -0.0512. The fourth-order valence-corrected chi connectivity index (χ4v) is 4.30. The lowest BCUT2D eigenvalue weighted by molar-refractivity contribution is 0.0535. The number of benzene rings is 1. The lowest BCUT2D eigenvalue weighted by Gasteiger charge is -2.39. The highest BCUT2D eigenvalue weighted by molar-refractivity contribution is 6.30. The quantitative estimate of drug-likeness (QED) is 0.268. The summed E-state index contributed by atoms with van der Waals surface area (Å²) in [6.07, 6.45) is 2.59. The van der Waals surface area contributed by atoms with Crippen molar-refractivity contribution in [2.75, 3.05) is 31.7 Å². The van der Waals surface area contributed by atoms with E-state index >= 15 is 0 Å². The number of aliphatic hydroxyl groups is 1. The number of carbonyl (C=O) groups excluding carboxylic acids is 1. The number of aromatic nitrogens is 2. The number of aryl methyl sites for hydroxylation is 1. The Kier molecular flexibility index (Phi) is 6.93. The Morgan fingerprint density at radius 3 is 3.00 bits per heavy atom. The zero-order valence-electron chi connectivity index (χ0n) is 19.0. The lowest BCUT2D eigenvalue weighted by Crippen LogP contribution is -2.55. The number of esters is 1. The number of cyclic esters (lactones) is 1. The summed E-state index contributed by atoms with van der Waals surface area (Å²) < 4.78 is 5.18. The topological polar surface area (TPSA) is 160 Å². The number of hydrazone groups is 1. The lowest BCUT2D eigenvalue weighted by atomic mass is 9.92. The molecule has 0 unspecified atom stereocenters. The molecule has 2 atom stereocenters. The number of hydrogen-bond acceptors (Lipinski definition) is 11. The molecule has 4 rings (SSSR count). The fraction of sp³-hybridized carbons (Fsp3) is 0.391. The molecule has 0 saturated carbocycles. The van der Waals surface area contributed by atoms with E-state index in [1.165, 1.54) is 6.20 Å². The summed E-state index contributed by atoms with van der Waals surface area (Å²) in [4.78, 5) is 22.3. The first kappa shape index (κ1) is 23.4. The number of aliphatic hydroxyl groups excluding tert-OH is 1. The number of carbonyl (C=O) groups is 1. The fourth-order valence-electron chi connectivity index (χ4n) is 4.30. The zero-order valence-corrected chi connectivity index (χ0v) is 19.0. The first-order valence-corrected chi connectivity index (χ1v) is 10.9. The second-order valence-corrected chi connectivity index (χ2v) is 8.34. The van der Waals surface area contributed by atoms with Crippen molar-refractivity contribution in [3.63, 3.8) is 0 Å². The molecule has 0 bridgehead atoms. The van der Waals surface area contributed by atoms with Gasteiger partial charge in [-0.05, 0) is 31.0 Å². The Hall–Kier alpha value is -3.72. The maximum absolute atomic E-state index is 11.9. The molecule has 0 radical (unpaired) electrons. The highest BCUT2D eigenvalue weighted by Gasteiger charge is 2.31. The number of nitriles is 1. The molecule has 1 aromatic heterocycles. The first-order valence-electron chi connectivity index (χ1n) is 10.9. The number of hydrogen-bond donors (Lipinski definition) is 4. The average Bonchev–Trinajstić information content (AvgIpc) is 3.23. The smallest absolute Gasteiger partial charge is 0.338 e. The minimum absolute atomic E-state index is 0.0355. The molecule has 4 N–H and O–H groups in total. The van der Waals surface area contributed by atoms with Gasteiger partial charge in [0.05, 0.1) is 35.3 Å². The zero-order chi connectivity index (χ0) is 24.2. The molecular weight excluding hydrogens is 436 g/mol. The largest absolute Gasteiger partial charge is 0.457 e. The second-order valence-electron chi connectivity index (χ2n) is 8.34. The van der Waals surface area contributed by atoms with Crippen molar-refractivity contribution in [2.24, 2.45) is 5.10 Å². The number of ether oxygens (including phenoxy) is 1. The standard InChI is InChI=1S/C23H26N8O3/c1-13-18(3-4-19-20(13)12-34-22(19)33)21-10-31(9-17(11-32)28-21)8-16(6-25)29-30-23-26-7-15(5-24)14(2)27-23/h3-4,6-7,17,21,25,28,32H,8-12H2,1-2H3,(H,26,27,30)/b25-6?,29-16+/t17-,21+/m1/s1. The van der Waals surface area contributed by atoms with Crippen molar-refractivity contribution in [1.82, 2.24) is 20.2 Å². The van der Waals surface area contributed by atoms with Crippen LogP contribution in [0.4, 0.5) is 5.95 Å². The monoisotopic (exact) mass is 462 g/mol. The van der Waals surface area contributed by atoms with E-state index in [4.69, 9.17) is 15.4 Å². The van der Waals surface area contributed by atoms with Crippen LogP contribution < -0.4 is 10.7 Å². The van der Waals surface area contributed by atoms with E-state index in [-0.39, 0.29) is 37.2 Å². The summed E-state index contributed by atoms with van der Waals surface area (Å²) >= 11 is 0. The van der Waals surface area contributed by atoms with Gasteiger partial charge in [0, 0.05) is 43.5 Å². The predicted molar refractivity (Wildman–Crippen MR) is 125 cm³/mol. The molecule has 2 aromatic rings. The van der Waals surface area contributed by atoms with Crippen LogP contribution >= 0.6 is 0 Å². The van der Waals surface area contributed by atoms with Crippen molar-refractivity contribution in [1.29, 1.82) is 10.7 Å². The van der Waals surface area contributed by atoms with Crippen LogP contribution in [0.5, 0.6) is 0 Å². The summed E-state index contributed by atoms with van der Waals surface area (Å²) in [6.45, 7) is 5.53. The minimum Gasteiger partial charge on any atom is -0.457 e. The van der Waals surface area contributed by atoms with Crippen LogP contribution in [0, 0.1) is 30.6 Å².